The van der Waals surface area contributed by atoms with Crippen molar-refractivity contribution in [2.75, 3.05) is 0 Å². The van der Waals surface area contributed by atoms with Gasteiger partial charge < -0.3 is 4.74 Å². The van der Waals surface area contributed by atoms with Gasteiger partial charge in [-0.15, -0.1) is 0 Å². The zero-order valence-corrected chi connectivity index (χ0v) is 10.6. The molecule has 16 heavy (non-hydrogen) atoms. The number of allylic oxidation sites excluding steroid dienone is 2. The van der Waals surface area contributed by atoms with E-state index in [1.165, 1.54) is 0 Å². The minimum Gasteiger partial charge on any atom is -0.494 e. The fourth-order valence-corrected chi connectivity index (χ4v) is 2.94. The third-order valence-corrected chi connectivity index (χ3v) is 3.56. The number of ketones is 1. The molecule has 0 saturated carbocycles. The molecule has 0 N–H and O–H groups in total. The van der Waals surface area contributed by atoms with Gasteiger partial charge >= 0.3 is 0 Å². The molecule has 0 aromatic rings. The van der Waals surface area contributed by atoms with Gasteiger partial charge in [-0.3, -0.25) is 4.79 Å². The van der Waals surface area contributed by atoms with Gasteiger partial charge in [0.25, 0.3) is 0 Å². The van der Waals surface area contributed by atoms with E-state index in [1.807, 2.05) is 0 Å². The molecule has 2 atom stereocenters. The molecular weight excluding hydrogens is 200 g/mol. The van der Waals surface area contributed by atoms with Crippen molar-refractivity contribution in [2.24, 2.45) is 11.8 Å². The number of carbonyl (C=O) groups excluding carboxylic acids is 1. The van der Waals surface area contributed by atoms with Crippen LogP contribution >= 0.6 is 0 Å². The van der Waals surface area contributed by atoms with E-state index in [0.717, 1.165) is 43.4 Å². The zero-order valence-electron chi connectivity index (χ0n) is 10.6. The van der Waals surface area contributed by atoms with Crippen LogP contribution in [-0.4, -0.2) is 11.9 Å². The number of rotatable bonds is 2. The average Bonchev–Trinajstić information content (AvgIpc) is 2.15. The number of ether oxygens (including phenoxy) is 1. The lowest BCUT2D eigenvalue weighted by molar-refractivity contribution is -0.118. The van der Waals surface area contributed by atoms with Crippen LogP contribution in [0.4, 0.5) is 0 Å². The average molecular weight is 222 g/mol. The summed E-state index contributed by atoms with van der Waals surface area (Å²) in [7, 11) is 0. The predicted molar refractivity (Wildman–Crippen MR) is 64.0 cm³/mol. The maximum atomic E-state index is 11.8. The van der Waals surface area contributed by atoms with Gasteiger partial charge in [-0.1, -0.05) is 20.8 Å². The molecule has 1 aliphatic heterocycles. The van der Waals surface area contributed by atoms with Gasteiger partial charge in [0, 0.05) is 18.4 Å². The molecule has 1 aliphatic carbocycles. The van der Waals surface area contributed by atoms with Crippen LogP contribution < -0.4 is 0 Å². The second-order valence-electron chi connectivity index (χ2n) is 5.62. The van der Waals surface area contributed by atoms with Gasteiger partial charge in [-0.2, -0.15) is 0 Å². The van der Waals surface area contributed by atoms with E-state index in [1.54, 1.807) is 0 Å². The Morgan fingerprint density at radius 1 is 1.38 bits per heavy atom. The molecule has 2 unspecified atom stereocenters. The monoisotopic (exact) mass is 222 g/mol. The van der Waals surface area contributed by atoms with Crippen LogP contribution in [0.15, 0.2) is 11.3 Å². The molecule has 2 nitrogen and oxygen atoms in total. The molecule has 0 aromatic heterocycles. The molecule has 2 rings (SSSR count). The summed E-state index contributed by atoms with van der Waals surface area (Å²) in [5.74, 6) is 2.41. The highest BCUT2D eigenvalue weighted by molar-refractivity contribution is 5.97. The summed E-state index contributed by atoms with van der Waals surface area (Å²) in [6.45, 7) is 6.63. The normalized spacial score (nSPS) is 30.4. The van der Waals surface area contributed by atoms with Gasteiger partial charge in [-0.25, -0.2) is 0 Å². The maximum Gasteiger partial charge on any atom is 0.162 e. The first-order valence-corrected chi connectivity index (χ1v) is 6.50. The first kappa shape index (κ1) is 11.7. The second-order valence-corrected chi connectivity index (χ2v) is 5.62. The largest absolute Gasteiger partial charge is 0.494 e. The summed E-state index contributed by atoms with van der Waals surface area (Å²) >= 11 is 0. The predicted octanol–water partition coefficient (Wildman–Crippen LogP) is 3.46. The highest BCUT2D eigenvalue weighted by Gasteiger charge is 2.33. The molecule has 0 spiro atoms. The van der Waals surface area contributed by atoms with Crippen LogP contribution in [0.5, 0.6) is 0 Å². The number of hydrogen-bond acceptors (Lipinski definition) is 2. The Kier molecular flexibility index (Phi) is 3.36. The summed E-state index contributed by atoms with van der Waals surface area (Å²) in [6.07, 6.45) is 5.12. The van der Waals surface area contributed by atoms with Crippen molar-refractivity contribution in [3.05, 3.63) is 11.3 Å². The van der Waals surface area contributed by atoms with Crippen molar-refractivity contribution in [1.29, 1.82) is 0 Å². The third-order valence-electron chi connectivity index (χ3n) is 3.56. The Labute approximate surface area is 98.1 Å². The smallest absolute Gasteiger partial charge is 0.162 e. The highest BCUT2D eigenvalue weighted by Crippen LogP contribution is 2.37. The molecule has 2 heteroatoms. The van der Waals surface area contributed by atoms with Crippen molar-refractivity contribution in [2.45, 2.75) is 59.0 Å². The van der Waals surface area contributed by atoms with E-state index < -0.39 is 0 Å². The van der Waals surface area contributed by atoms with E-state index in [9.17, 15) is 4.79 Å². The zero-order chi connectivity index (χ0) is 11.7. The van der Waals surface area contributed by atoms with Gasteiger partial charge in [0.05, 0.1) is 6.10 Å². The van der Waals surface area contributed by atoms with E-state index in [2.05, 4.69) is 20.8 Å². The fourth-order valence-electron chi connectivity index (χ4n) is 2.94. The lowest BCUT2D eigenvalue weighted by atomic mass is 9.81. The standard InChI is InChI=1S/C14H22O2/c1-9(2)7-11-8-10(3)14-12(15)5-4-6-13(14)16-11/h9-11H,4-8H2,1-3H3. The van der Waals surface area contributed by atoms with Gasteiger partial charge in [0.1, 0.15) is 5.76 Å². The Bertz CT molecular complexity index is 315. The SMILES string of the molecule is CC(C)CC1CC(C)C2=C(CCCC2=O)O1. The van der Waals surface area contributed by atoms with Crippen LogP contribution in [0.1, 0.15) is 52.9 Å². The molecule has 0 saturated heterocycles. The molecule has 0 bridgehead atoms. The lowest BCUT2D eigenvalue weighted by Crippen LogP contribution is -2.30. The summed E-state index contributed by atoms with van der Waals surface area (Å²) in [4.78, 5) is 11.8. The van der Waals surface area contributed by atoms with E-state index >= 15 is 0 Å². The minimum atomic E-state index is 0.330. The van der Waals surface area contributed by atoms with E-state index in [0.29, 0.717) is 23.7 Å². The van der Waals surface area contributed by atoms with Crippen LogP contribution in [0.25, 0.3) is 0 Å². The van der Waals surface area contributed by atoms with Crippen molar-refractivity contribution < 1.29 is 9.53 Å². The summed E-state index contributed by atoms with van der Waals surface area (Å²) in [5, 5.41) is 0. The molecule has 2 aliphatic rings. The molecule has 0 fully saturated rings. The van der Waals surface area contributed by atoms with E-state index in [4.69, 9.17) is 4.74 Å². The molecule has 1 heterocycles. The van der Waals surface area contributed by atoms with Gasteiger partial charge in [0.2, 0.25) is 0 Å². The lowest BCUT2D eigenvalue weighted by Gasteiger charge is -2.35. The Morgan fingerprint density at radius 2 is 2.12 bits per heavy atom. The number of Topliss-reactive ketones (excluding diaryl/α,β-unsaturated/α-hetero) is 1. The number of hydrogen-bond donors (Lipinski definition) is 0. The summed E-state index contributed by atoms with van der Waals surface area (Å²) < 4.78 is 6.00. The second kappa shape index (κ2) is 4.60. The Morgan fingerprint density at radius 3 is 2.81 bits per heavy atom. The Hall–Kier alpha value is -0.790. The summed E-state index contributed by atoms with van der Waals surface area (Å²) in [6, 6.07) is 0. The highest BCUT2D eigenvalue weighted by atomic mass is 16.5. The van der Waals surface area contributed by atoms with Gasteiger partial charge in [0.15, 0.2) is 5.78 Å². The van der Waals surface area contributed by atoms with Crippen LogP contribution in [0.2, 0.25) is 0 Å². The molecule has 90 valence electrons. The Balaban J connectivity index is 2.14. The van der Waals surface area contributed by atoms with Crippen molar-refractivity contribution in [1.82, 2.24) is 0 Å². The van der Waals surface area contributed by atoms with Crippen molar-refractivity contribution in [3.63, 3.8) is 0 Å². The van der Waals surface area contributed by atoms with Crippen LogP contribution in [-0.2, 0) is 9.53 Å². The third kappa shape index (κ3) is 2.31. The topological polar surface area (TPSA) is 26.3 Å². The first-order valence-electron chi connectivity index (χ1n) is 6.50. The molecule has 0 radical (unpaired) electrons. The van der Waals surface area contributed by atoms with Crippen LogP contribution in [0, 0.1) is 11.8 Å². The minimum absolute atomic E-state index is 0.330. The van der Waals surface area contributed by atoms with Crippen molar-refractivity contribution in [3.8, 4) is 0 Å². The molecule has 0 aromatic carbocycles. The van der Waals surface area contributed by atoms with Crippen LogP contribution in [0.3, 0.4) is 0 Å². The quantitative estimate of drug-likeness (QED) is 0.715. The first-order chi connectivity index (χ1) is 7.58. The fraction of sp³-hybridized carbons (Fsp3) is 0.786. The van der Waals surface area contributed by atoms with Gasteiger partial charge in [-0.05, 0) is 31.1 Å². The maximum absolute atomic E-state index is 11.8. The number of carbonyl (C=O) groups is 1. The summed E-state index contributed by atoms with van der Waals surface area (Å²) in [5.41, 5.74) is 1.01. The van der Waals surface area contributed by atoms with E-state index in [-0.39, 0.29) is 0 Å². The molecule has 0 amide bonds. The van der Waals surface area contributed by atoms with Crippen molar-refractivity contribution >= 4 is 5.78 Å². The molecular formula is C14H22O2.